The number of hydrogen-bond acceptors (Lipinski definition) is 5. The van der Waals surface area contributed by atoms with E-state index in [9.17, 15) is 5.11 Å². The maximum Gasteiger partial charge on any atom is -0.358 e. The minimum absolute atomic E-state index is 0. The van der Waals surface area contributed by atoms with Gasteiger partial charge in [-0.15, -0.1) is 0 Å². The zero-order chi connectivity index (χ0) is 19.3. The van der Waals surface area contributed by atoms with Crippen LogP contribution in [-0.4, -0.2) is 29.6 Å². The van der Waals surface area contributed by atoms with Gasteiger partial charge in [0.15, 0.2) is 0 Å². The maximum absolute atomic E-state index is 10.4. The Hall–Kier alpha value is -2.64. The maximum atomic E-state index is 10.4. The molecule has 0 unspecified atom stereocenters. The van der Waals surface area contributed by atoms with Gasteiger partial charge in [0.05, 0.1) is 0 Å². The van der Waals surface area contributed by atoms with E-state index in [4.69, 9.17) is 0 Å². The van der Waals surface area contributed by atoms with Crippen molar-refractivity contribution in [1.29, 1.82) is 0 Å². The monoisotopic (exact) mass is 426 g/mol. The SMILES string of the molecule is C[C@H](Nc1ncnc2nc[nH]c12)c1cc2cccc(O)c2[c](=[V])n1C1CCC1.[CH3-]. The van der Waals surface area contributed by atoms with Gasteiger partial charge in [-0.05, 0) is 0 Å². The first kappa shape index (κ1) is 19.7. The van der Waals surface area contributed by atoms with Gasteiger partial charge in [-0.25, -0.2) is 0 Å². The van der Waals surface area contributed by atoms with Gasteiger partial charge >= 0.3 is 170 Å². The zero-order valence-corrected chi connectivity index (χ0v) is 17.8. The van der Waals surface area contributed by atoms with E-state index >= 15 is 0 Å². The molecule has 1 fully saturated rings. The Bertz CT molecular complexity index is 1240. The standard InChI is InChI=1S/C20H20N6O.CH3.V/c1-12(25-20-18-19(22-10-21-18)23-11-24-20)16-8-13-4-2-7-17(27)15(13)9-26(16)14-5-3-6-14;;/h2,4,7-8,10-12,14,27H,3,5-6H2,1H3,(H2,21,22,23,24,25);1H3;/q;-1;/t12-;;/m0../s1. The summed E-state index contributed by atoms with van der Waals surface area (Å²) in [6, 6.07) is 8.33. The van der Waals surface area contributed by atoms with Crippen LogP contribution >= 0.6 is 0 Å². The number of phenolic OH excluding ortho intramolecular Hbond substituents is 1. The molecule has 1 aromatic carbocycles. The van der Waals surface area contributed by atoms with Crippen molar-refractivity contribution in [3.05, 3.63) is 54.0 Å². The fraction of sp³-hybridized carbons (Fsp3) is 0.286. The van der Waals surface area contributed by atoms with E-state index in [0.29, 0.717) is 17.4 Å². The van der Waals surface area contributed by atoms with E-state index in [1.165, 1.54) is 18.4 Å². The molecule has 1 aliphatic rings. The van der Waals surface area contributed by atoms with E-state index in [1.807, 2.05) is 12.1 Å². The summed E-state index contributed by atoms with van der Waals surface area (Å²) in [5.41, 5.74) is 2.62. The number of benzene rings is 1. The molecule has 0 saturated heterocycles. The van der Waals surface area contributed by atoms with Gasteiger partial charge in [-0.3, -0.25) is 0 Å². The predicted octanol–water partition coefficient (Wildman–Crippen LogP) is 4.44. The first-order valence-corrected chi connectivity index (χ1v) is 10.1. The van der Waals surface area contributed by atoms with E-state index in [1.54, 1.807) is 12.4 Å². The summed E-state index contributed by atoms with van der Waals surface area (Å²) >= 11 is 2.66. The Morgan fingerprint density at radius 1 is 1.28 bits per heavy atom. The number of aromatic nitrogens is 5. The van der Waals surface area contributed by atoms with Crippen molar-refractivity contribution >= 4 is 27.8 Å². The molecule has 0 spiro atoms. The van der Waals surface area contributed by atoms with Gasteiger partial charge in [0.25, 0.3) is 0 Å². The number of nitrogens with one attached hydrogen (secondary N) is 2. The molecule has 0 radical (unpaired) electrons. The van der Waals surface area contributed by atoms with Crippen LogP contribution in [0.1, 0.15) is 44.0 Å². The molecule has 149 valence electrons. The summed E-state index contributed by atoms with van der Waals surface area (Å²) in [4.78, 5) is 15.9. The van der Waals surface area contributed by atoms with Crippen molar-refractivity contribution in [3.63, 3.8) is 0 Å². The van der Waals surface area contributed by atoms with Gasteiger partial charge in [-0.1, -0.05) is 0 Å². The quantitative estimate of drug-likeness (QED) is 0.420. The number of H-pyrrole nitrogens is 1. The third-order valence-corrected chi connectivity index (χ3v) is 6.25. The first-order chi connectivity index (χ1) is 13.6. The molecular weight excluding hydrogens is 403 g/mol. The average molecular weight is 426 g/mol. The smallest absolute Gasteiger partial charge is 0.358 e. The van der Waals surface area contributed by atoms with Crippen LogP contribution in [0.5, 0.6) is 5.75 Å². The third-order valence-electron chi connectivity index (χ3n) is 5.57. The van der Waals surface area contributed by atoms with E-state index < -0.39 is 0 Å². The number of rotatable bonds is 4. The van der Waals surface area contributed by atoms with Crippen molar-refractivity contribution in [3.8, 4) is 5.75 Å². The second-order valence-corrected chi connectivity index (χ2v) is 7.94. The number of aromatic amines is 1. The molecule has 1 saturated carbocycles. The van der Waals surface area contributed by atoms with Crippen molar-refractivity contribution in [1.82, 2.24) is 24.5 Å². The molecule has 0 amide bonds. The molecule has 1 aliphatic carbocycles. The number of fused-ring (bicyclic) bond motifs is 2. The average Bonchev–Trinajstić information content (AvgIpc) is 3.12. The van der Waals surface area contributed by atoms with Crippen LogP contribution in [0.3, 0.4) is 0 Å². The van der Waals surface area contributed by atoms with Crippen molar-refractivity contribution in [2.75, 3.05) is 5.32 Å². The Balaban J connectivity index is 0.00000205. The van der Waals surface area contributed by atoms with Crippen LogP contribution < -0.4 is 5.32 Å². The molecular formula is C21H23N6OV-. The molecule has 3 heterocycles. The van der Waals surface area contributed by atoms with Crippen LogP contribution in [0.4, 0.5) is 5.82 Å². The number of phenols is 1. The first-order valence-electron chi connectivity index (χ1n) is 9.43. The normalized spacial score (nSPS) is 15.0. The number of pyridine rings is 1. The minimum Gasteiger partial charge on any atom is -0.358 e. The van der Waals surface area contributed by atoms with E-state index in [-0.39, 0.29) is 13.5 Å². The summed E-state index contributed by atoms with van der Waals surface area (Å²) < 4.78 is 3.42. The Kier molecular flexibility index (Phi) is 5.19. The number of nitrogens with zero attached hydrogens (tertiary/aromatic N) is 4. The van der Waals surface area contributed by atoms with Crippen LogP contribution in [0.15, 0.2) is 36.9 Å². The minimum atomic E-state index is 0. The molecule has 7 nitrogen and oxygen atoms in total. The second kappa shape index (κ2) is 7.65. The summed E-state index contributed by atoms with van der Waals surface area (Å²) in [5.74, 6) is 1.06. The molecule has 4 aromatic rings. The van der Waals surface area contributed by atoms with Crippen LogP contribution in [0.2, 0.25) is 0 Å². The van der Waals surface area contributed by atoms with Crippen molar-refractivity contribution < 1.29 is 22.1 Å². The van der Waals surface area contributed by atoms with Gasteiger partial charge < -0.3 is 7.43 Å². The van der Waals surface area contributed by atoms with Gasteiger partial charge in [0.1, 0.15) is 0 Å². The number of aromatic hydroxyl groups is 1. The number of anilines is 1. The van der Waals surface area contributed by atoms with Gasteiger partial charge in [0, 0.05) is 0 Å². The summed E-state index contributed by atoms with van der Waals surface area (Å²) in [6.45, 7) is 2.13. The van der Waals surface area contributed by atoms with Gasteiger partial charge in [-0.2, -0.15) is 0 Å². The van der Waals surface area contributed by atoms with Crippen LogP contribution in [0, 0.1) is 11.4 Å². The van der Waals surface area contributed by atoms with Crippen LogP contribution in [0.25, 0.3) is 21.9 Å². The third kappa shape index (κ3) is 3.24. The molecule has 3 N–H and O–H groups in total. The number of imidazole rings is 1. The Labute approximate surface area is 177 Å². The molecule has 1 atom stereocenters. The van der Waals surface area contributed by atoms with Crippen molar-refractivity contribution in [2.24, 2.45) is 0 Å². The molecule has 0 bridgehead atoms. The fourth-order valence-corrected chi connectivity index (χ4v) is 4.72. The summed E-state index contributed by atoms with van der Waals surface area (Å²) in [5, 5.41) is 15.9. The largest absolute Gasteiger partial charge is 0.358 e. The van der Waals surface area contributed by atoms with Gasteiger partial charge in [0.2, 0.25) is 0 Å². The summed E-state index contributed by atoms with van der Waals surface area (Å²) in [7, 11) is 0. The predicted molar refractivity (Wildman–Crippen MR) is 110 cm³/mol. The Morgan fingerprint density at radius 2 is 2.10 bits per heavy atom. The second-order valence-electron chi connectivity index (χ2n) is 7.28. The molecule has 5 rings (SSSR count). The fourth-order valence-electron chi connectivity index (χ4n) is 3.91. The molecule has 8 heteroatoms. The zero-order valence-electron chi connectivity index (χ0n) is 16.4. The number of hydrogen-bond donors (Lipinski definition) is 3. The summed E-state index contributed by atoms with van der Waals surface area (Å²) in [6.07, 6.45) is 6.72. The van der Waals surface area contributed by atoms with E-state index in [0.717, 1.165) is 39.0 Å². The molecule has 3 aromatic heterocycles. The Morgan fingerprint density at radius 3 is 2.86 bits per heavy atom. The molecule has 29 heavy (non-hydrogen) atoms. The van der Waals surface area contributed by atoms with Crippen molar-refractivity contribution in [2.45, 2.75) is 38.3 Å². The van der Waals surface area contributed by atoms with E-state index in [2.05, 4.69) is 59.8 Å². The van der Waals surface area contributed by atoms with Crippen LogP contribution in [-0.2, 0) is 17.0 Å². The topological polar surface area (TPSA) is 91.7 Å². The molecule has 0 aliphatic heterocycles.